The number of nitrogens with one attached hydrogen (secondary N) is 2. The maximum atomic E-state index is 13.7. The van der Waals surface area contributed by atoms with Gasteiger partial charge in [0.15, 0.2) is 23.3 Å². The fraction of sp³-hybridized carbons (Fsp3) is 0. The average Bonchev–Trinajstić information content (AvgIpc) is 2.75. The highest BCUT2D eigenvalue weighted by Gasteiger charge is 2.23. The largest absolute Gasteiger partial charge is 0.323 e. The molecule has 0 fully saturated rings. The average molecular weight is 415 g/mol. The van der Waals surface area contributed by atoms with Gasteiger partial charge in [-0.2, -0.15) is 0 Å². The lowest BCUT2D eigenvalue weighted by Gasteiger charge is -2.09. The molecular formula is C21H13F4N3O2. The first-order chi connectivity index (χ1) is 14.3. The molecule has 3 rings (SSSR count). The first-order valence-electron chi connectivity index (χ1n) is 8.48. The van der Waals surface area contributed by atoms with E-state index in [9.17, 15) is 27.2 Å². The second kappa shape index (κ2) is 8.99. The summed E-state index contributed by atoms with van der Waals surface area (Å²) in [6, 6.07) is 9.40. The van der Waals surface area contributed by atoms with E-state index < -0.39 is 40.6 Å². The van der Waals surface area contributed by atoms with Crippen molar-refractivity contribution in [2.24, 2.45) is 0 Å². The van der Waals surface area contributed by atoms with Crippen LogP contribution in [0.2, 0.25) is 0 Å². The summed E-state index contributed by atoms with van der Waals surface area (Å²) in [5.41, 5.74) is 0.376. The third kappa shape index (κ3) is 4.88. The van der Waals surface area contributed by atoms with E-state index in [2.05, 4.69) is 15.6 Å². The van der Waals surface area contributed by atoms with E-state index in [0.29, 0.717) is 5.69 Å². The Bertz CT molecular complexity index is 1120. The Morgan fingerprint density at radius 3 is 2.03 bits per heavy atom. The van der Waals surface area contributed by atoms with Gasteiger partial charge in [0.2, 0.25) is 5.91 Å². The predicted octanol–water partition coefficient (Wildman–Crippen LogP) is 4.54. The molecule has 2 aromatic carbocycles. The topological polar surface area (TPSA) is 71.1 Å². The molecule has 0 atom stereocenters. The number of nitrogens with zero attached hydrogens (tertiary/aromatic N) is 1. The fourth-order valence-corrected chi connectivity index (χ4v) is 2.40. The molecule has 0 saturated heterocycles. The molecule has 30 heavy (non-hydrogen) atoms. The Balaban J connectivity index is 1.64. The highest BCUT2D eigenvalue weighted by atomic mass is 19.2. The molecule has 0 saturated carbocycles. The van der Waals surface area contributed by atoms with Crippen LogP contribution in [-0.2, 0) is 4.79 Å². The fourth-order valence-electron chi connectivity index (χ4n) is 2.40. The van der Waals surface area contributed by atoms with Crippen LogP contribution in [0.5, 0.6) is 0 Å². The minimum atomic E-state index is -2.07. The molecule has 0 aliphatic carbocycles. The molecule has 5 nitrogen and oxygen atoms in total. The van der Waals surface area contributed by atoms with Crippen LogP contribution in [0, 0.1) is 23.3 Å². The summed E-state index contributed by atoms with van der Waals surface area (Å²) in [6.07, 6.45) is 6.10. The SMILES string of the molecule is O=C(/C=C/c1ccncc1)Nc1ccc(NC(=O)c2cc(F)c(F)c(F)c2F)cc1. The number of aromatic nitrogens is 1. The lowest BCUT2D eigenvalue weighted by Crippen LogP contribution is -2.16. The van der Waals surface area contributed by atoms with Crippen LogP contribution in [0.4, 0.5) is 28.9 Å². The van der Waals surface area contributed by atoms with Gasteiger partial charge in [0.05, 0.1) is 5.56 Å². The van der Waals surface area contributed by atoms with E-state index in [1.165, 1.54) is 30.3 Å². The van der Waals surface area contributed by atoms with Crippen molar-refractivity contribution in [1.29, 1.82) is 0 Å². The third-order valence-electron chi connectivity index (χ3n) is 3.89. The zero-order valence-electron chi connectivity index (χ0n) is 15.1. The molecule has 3 aromatic rings. The van der Waals surface area contributed by atoms with Crippen LogP contribution in [0.15, 0.2) is 60.9 Å². The number of hydrogen-bond acceptors (Lipinski definition) is 3. The summed E-state index contributed by atoms with van der Waals surface area (Å²) < 4.78 is 53.2. The molecule has 0 radical (unpaired) electrons. The number of rotatable bonds is 5. The summed E-state index contributed by atoms with van der Waals surface area (Å²) in [5.74, 6) is -9.11. The van der Waals surface area contributed by atoms with Crippen LogP contribution < -0.4 is 10.6 Å². The summed E-state index contributed by atoms with van der Waals surface area (Å²) in [4.78, 5) is 27.8. The van der Waals surface area contributed by atoms with Gasteiger partial charge in [-0.3, -0.25) is 14.6 Å². The van der Waals surface area contributed by atoms with Crippen molar-refractivity contribution >= 4 is 29.3 Å². The number of halogens is 4. The zero-order chi connectivity index (χ0) is 21.7. The van der Waals surface area contributed by atoms with Gasteiger partial charge in [0.1, 0.15) is 0 Å². The lowest BCUT2D eigenvalue weighted by atomic mass is 10.1. The Kier molecular flexibility index (Phi) is 6.21. The van der Waals surface area contributed by atoms with Gasteiger partial charge in [0, 0.05) is 29.8 Å². The third-order valence-corrected chi connectivity index (χ3v) is 3.89. The monoisotopic (exact) mass is 415 g/mol. The molecule has 0 spiro atoms. The van der Waals surface area contributed by atoms with Gasteiger partial charge < -0.3 is 10.6 Å². The summed E-state index contributed by atoms with van der Waals surface area (Å²) in [6.45, 7) is 0. The highest BCUT2D eigenvalue weighted by Crippen LogP contribution is 2.21. The second-order valence-electron chi connectivity index (χ2n) is 5.98. The van der Waals surface area contributed by atoms with Crippen molar-refractivity contribution in [3.63, 3.8) is 0 Å². The lowest BCUT2D eigenvalue weighted by molar-refractivity contribution is -0.111. The van der Waals surface area contributed by atoms with Gasteiger partial charge in [-0.05, 0) is 54.1 Å². The molecule has 0 aliphatic heterocycles. The van der Waals surface area contributed by atoms with E-state index in [-0.39, 0.29) is 11.8 Å². The number of carbonyl (C=O) groups excluding carboxylic acids is 2. The molecule has 0 bridgehead atoms. The van der Waals surface area contributed by atoms with Crippen LogP contribution in [0.1, 0.15) is 15.9 Å². The summed E-state index contributed by atoms with van der Waals surface area (Å²) >= 11 is 0. The molecule has 152 valence electrons. The van der Waals surface area contributed by atoms with Crippen molar-refractivity contribution in [1.82, 2.24) is 4.98 Å². The molecular weight excluding hydrogens is 402 g/mol. The molecule has 1 aromatic heterocycles. The maximum absolute atomic E-state index is 13.7. The second-order valence-corrected chi connectivity index (χ2v) is 5.98. The van der Waals surface area contributed by atoms with Crippen molar-refractivity contribution in [2.75, 3.05) is 10.6 Å². The zero-order valence-corrected chi connectivity index (χ0v) is 15.1. The van der Waals surface area contributed by atoms with Crippen molar-refractivity contribution < 1.29 is 27.2 Å². The maximum Gasteiger partial charge on any atom is 0.258 e. The Labute approximate surface area is 168 Å². The van der Waals surface area contributed by atoms with Gasteiger partial charge in [0.25, 0.3) is 5.91 Å². The molecule has 2 N–H and O–H groups in total. The quantitative estimate of drug-likeness (QED) is 0.278. The molecule has 1 heterocycles. The number of amides is 2. The number of carbonyl (C=O) groups is 2. The minimum Gasteiger partial charge on any atom is -0.323 e. The minimum absolute atomic E-state index is 0.162. The first kappa shape index (κ1) is 20.7. The number of anilines is 2. The first-order valence-corrected chi connectivity index (χ1v) is 8.48. The predicted molar refractivity (Wildman–Crippen MR) is 103 cm³/mol. The van der Waals surface area contributed by atoms with Crippen LogP contribution in [-0.4, -0.2) is 16.8 Å². The van der Waals surface area contributed by atoms with Crippen molar-refractivity contribution in [3.8, 4) is 0 Å². The van der Waals surface area contributed by atoms with E-state index in [0.717, 1.165) is 5.56 Å². The van der Waals surface area contributed by atoms with Gasteiger partial charge in [-0.25, -0.2) is 17.6 Å². The van der Waals surface area contributed by atoms with E-state index in [1.54, 1.807) is 30.6 Å². The smallest absolute Gasteiger partial charge is 0.258 e. The van der Waals surface area contributed by atoms with E-state index >= 15 is 0 Å². The van der Waals surface area contributed by atoms with Crippen LogP contribution in [0.3, 0.4) is 0 Å². The number of hydrogen-bond donors (Lipinski definition) is 2. The summed E-state index contributed by atoms with van der Waals surface area (Å²) in [7, 11) is 0. The molecule has 0 unspecified atom stereocenters. The van der Waals surface area contributed by atoms with Gasteiger partial charge in [-0.1, -0.05) is 0 Å². The Morgan fingerprint density at radius 2 is 1.40 bits per heavy atom. The summed E-state index contributed by atoms with van der Waals surface area (Å²) in [5, 5.41) is 4.83. The van der Waals surface area contributed by atoms with Gasteiger partial charge in [-0.15, -0.1) is 0 Å². The van der Waals surface area contributed by atoms with Crippen LogP contribution >= 0.6 is 0 Å². The van der Waals surface area contributed by atoms with Crippen molar-refractivity contribution in [3.05, 3.63) is 95.3 Å². The molecule has 9 heteroatoms. The van der Waals surface area contributed by atoms with Crippen LogP contribution in [0.25, 0.3) is 6.08 Å². The normalized spacial score (nSPS) is 10.8. The Hall–Kier alpha value is -4.01. The Morgan fingerprint density at radius 1 is 0.800 bits per heavy atom. The van der Waals surface area contributed by atoms with E-state index in [4.69, 9.17) is 0 Å². The van der Waals surface area contributed by atoms with Gasteiger partial charge >= 0.3 is 0 Å². The highest BCUT2D eigenvalue weighted by molar-refractivity contribution is 6.05. The number of benzene rings is 2. The standard InChI is InChI=1S/C21H13F4N3O2/c22-16-11-15(18(23)20(25)19(16)24)21(30)28-14-4-2-13(3-5-14)27-17(29)6-1-12-7-9-26-10-8-12/h1-11H,(H,27,29)(H,28,30)/b6-1+. The molecule has 2 amide bonds. The number of pyridine rings is 1. The molecule has 0 aliphatic rings. The van der Waals surface area contributed by atoms with Crippen molar-refractivity contribution in [2.45, 2.75) is 0 Å². The van der Waals surface area contributed by atoms with E-state index in [1.807, 2.05) is 0 Å².